The number of imidazole rings is 2. The molecule has 0 aromatic carbocycles. The first-order valence-electron chi connectivity index (χ1n) is 6.27. The molecule has 1 aliphatic rings. The minimum absolute atomic E-state index is 0.168. The lowest BCUT2D eigenvalue weighted by molar-refractivity contribution is 0.191. The Morgan fingerprint density at radius 3 is 1.57 bits per heavy atom. The summed E-state index contributed by atoms with van der Waals surface area (Å²) in [4.78, 5) is 35.8. The van der Waals surface area contributed by atoms with Crippen LogP contribution in [0.4, 0.5) is 4.79 Å². The highest BCUT2D eigenvalue weighted by Gasteiger charge is 2.29. The molecular weight excluding hydrogens is 316 g/mol. The number of urea groups is 1. The monoisotopic (exact) mass is 328 g/mol. The molecule has 0 saturated heterocycles. The number of hydrogen-bond acceptors (Lipinski definition) is 7. The van der Waals surface area contributed by atoms with E-state index in [-0.39, 0.29) is 17.8 Å². The number of nitrogens with zero attached hydrogens (tertiary/aromatic N) is 4. The van der Waals surface area contributed by atoms with Crippen molar-refractivity contribution in [2.24, 2.45) is 0 Å². The van der Waals surface area contributed by atoms with Gasteiger partial charge < -0.3 is 20.4 Å². The average Bonchev–Trinajstić information content (AvgIpc) is 2.84. The first-order valence-corrected chi connectivity index (χ1v) is 6.27. The van der Waals surface area contributed by atoms with E-state index in [1.54, 1.807) is 0 Å². The van der Waals surface area contributed by atoms with Gasteiger partial charge in [0.25, 0.3) is 0 Å². The fourth-order valence-electron chi connectivity index (χ4n) is 2.35. The molecule has 13 nitrogen and oxygen atoms in total. The summed E-state index contributed by atoms with van der Waals surface area (Å²) in [7, 11) is 0. The number of carbonyl (C=O) groups is 1. The summed E-state index contributed by atoms with van der Waals surface area (Å²) in [5, 5.41) is 38.2. The predicted molar refractivity (Wildman–Crippen MR) is 72.1 cm³/mol. The van der Waals surface area contributed by atoms with Gasteiger partial charge in [0, 0.05) is 6.42 Å². The molecule has 2 aromatic rings. The minimum atomic E-state index is -1.01. The molecule has 13 heteroatoms. The van der Waals surface area contributed by atoms with Crippen molar-refractivity contribution >= 4 is 6.03 Å². The van der Waals surface area contributed by atoms with E-state index in [9.17, 15) is 24.6 Å². The van der Waals surface area contributed by atoms with E-state index >= 15 is 0 Å². The first kappa shape index (κ1) is 14.7. The van der Waals surface area contributed by atoms with Gasteiger partial charge in [0.15, 0.2) is 0 Å². The second-order valence-corrected chi connectivity index (χ2v) is 4.64. The van der Waals surface area contributed by atoms with Crippen molar-refractivity contribution in [3.8, 4) is 11.8 Å². The lowest BCUT2D eigenvalue weighted by Crippen LogP contribution is -2.44. The summed E-state index contributed by atoms with van der Waals surface area (Å²) in [6, 6.07) is -1.01. The Labute approximate surface area is 125 Å². The topological polar surface area (TPSA) is 176 Å². The Bertz CT molecular complexity index is 843. The van der Waals surface area contributed by atoms with E-state index in [2.05, 4.69) is 10.9 Å². The second kappa shape index (κ2) is 4.92. The van der Waals surface area contributed by atoms with Crippen LogP contribution in [0.3, 0.4) is 0 Å². The molecule has 2 amide bonds. The van der Waals surface area contributed by atoms with Crippen molar-refractivity contribution in [3.63, 3.8) is 0 Å². The Morgan fingerprint density at radius 2 is 1.22 bits per heavy atom. The van der Waals surface area contributed by atoms with Crippen LogP contribution in [-0.2, 0) is 19.9 Å². The summed E-state index contributed by atoms with van der Waals surface area (Å²) in [5.74, 6) is -1.29. The van der Waals surface area contributed by atoms with Gasteiger partial charge in [0.2, 0.25) is 11.8 Å². The molecule has 3 heterocycles. The molecule has 0 saturated carbocycles. The first-order chi connectivity index (χ1) is 10.9. The van der Waals surface area contributed by atoms with Gasteiger partial charge in [-0.25, -0.2) is 34.4 Å². The zero-order chi connectivity index (χ0) is 16.9. The quantitative estimate of drug-likeness (QED) is 0.335. The number of aliphatic hydroxyl groups is 2. The van der Waals surface area contributed by atoms with E-state index < -0.39 is 42.6 Å². The third-order valence-electron chi connectivity index (χ3n) is 3.46. The molecule has 23 heavy (non-hydrogen) atoms. The van der Waals surface area contributed by atoms with Crippen molar-refractivity contribution in [3.05, 3.63) is 32.4 Å². The molecule has 0 aliphatic carbocycles. The average molecular weight is 328 g/mol. The Morgan fingerprint density at radius 1 is 0.826 bits per heavy atom. The molecule has 2 aromatic heterocycles. The van der Waals surface area contributed by atoms with E-state index in [0.29, 0.717) is 18.5 Å². The molecular formula is C10H12N6O7. The van der Waals surface area contributed by atoms with Crippen molar-refractivity contribution in [2.45, 2.75) is 19.9 Å². The van der Waals surface area contributed by atoms with E-state index in [1.165, 1.54) is 0 Å². The molecule has 1 aliphatic heterocycles. The van der Waals surface area contributed by atoms with Crippen LogP contribution in [0.25, 0.3) is 0 Å². The molecule has 124 valence electrons. The van der Waals surface area contributed by atoms with Gasteiger partial charge in [0.1, 0.15) is 24.8 Å². The normalized spacial score (nSPS) is 13.6. The lowest BCUT2D eigenvalue weighted by Gasteiger charge is -2.15. The Hall–Kier alpha value is -3.19. The van der Waals surface area contributed by atoms with Crippen molar-refractivity contribution in [1.82, 2.24) is 18.5 Å². The van der Waals surface area contributed by atoms with Crippen LogP contribution in [0.1, 0.15) is 11.4 Å². The van der Waals surface area contributed by atoms with Gasteiger partial charge in [-0.2, -0.15) is 9.35 Å². The number of aromatic nitrogens is 4. The molecule has 0 unspecified atom stereocenters. The second-order valence-electron chi connectivity index (χ2n) is 4.64. The van der Waals surface area contributed by atoms with E-state index in [0.717, 1.165) is 0 Å². The van der Waals surface area contributed by atoms with Gasteiger partial charge in [-0.1, -0.05) is 0 Å². The number of aliphatic hydroxyl groups excluding tert-OH is 2. The standard InChI is InChI=1S/C10H12N6O7/c17-2-13-6(19)4-1-5-7(20)14(3-18)10(23)16(5)12-8(21)11-15(4)9(13)22/h17-20H,1-3H2,(H2,11,12,21). The molecule has 0 radical (unpaired) electrons. The third-order valence-corrected chi connectivity index (χ3v) is 3.46. The summed E-state index contributed by atoms with van der Waals surface area (Å²) < 4.78 is 2.49. The maximum Gasteiger partial charge on any atom is 0.353 e. The highest BCUT2D eigenvalue weighted by atomic mass is 16.3. The van der Waals surface area contributed by atoms with Crippen molar-refractivity contribution in [2.75, 3.05) is 10.9 Å². The molecule has 6 N–H and O–H groups in total. The Kier molecular flexibility index (Phi) is 3.15. The zero-order valence-corrected chi connectivity index (χ0v) is 11.4. The zero-order valence-electron chi connectivity index (χ0n) is 11.4. The molecule has 0 spiro atoms. The number of carbonyl (C=O) groups excluding carboxylic acids is 1. The molecule has 3 rings (SSSR count). The minimum Gasteiger partial charge on any atom is -0.493 e. The van der Waals surface area contributed by atoms with Gasteiger partial charge in [0.05, 0.1) is 0 Å². The van der Waals surface area contributed by atoms with Crippen LogP contribution in [0, 0.1) is 0 Å². The number of nitrogens with one attached hydrogen (secondary N) is 2. The SMILES string of the molecule is O=C1Nn2c(c(O)n(CO)c2=O)Cc2c(O)n(CO)c(=O)n2N1. The summed E-state index contributed by atoms with van der Waals surface area (Å²) in [5.41, 5.74) is 2.00. The van der Waals surface area contributed by atoms with Crippen LogP contribution >= 0.6 is 0 Å². The van der Waals surface area contributed by atoms with E-state index in [1.807, 2.05) is 0 Å². The maximum absolute atomic E-state index is 12.0. The number of aromatic hydroxyl groups is 2. The van der Waals surface area contributed by atoms with Gasteiger partial charge in [-0.05, 0) is 0 Å². The van der Waals surface area contributed by atoms with Crippen LogP contribution in [0.2, 0.25) is 0 Å². The highest BCUT2D eigenvalue weighted by molar-refractivity contribution is 5.89. The fourth-order valence-corrected chi connectivity index (χ4v) is 2.35. The molecule has 0 bridgehead atoms. The van der Waals surface area contributed by atoms with Crippen molar-refractivity contribution < 1.29 is 25.2 Å². The Balaban J connectivity index is 2.29. The van der Waals surface area contributed by atoms with Crippen LogP contribution in [-0.4, -0.2) is 44.9 Å². The molecule has 0 fully saturated rings. The highest BCUT2D eigenvalue weighted by Crippen LogP contribution is 2.24. The number of amides is 2. The summed E-state index contributed by atoms with van der Waals surface area (Å²) in [6.07, 6.45) is -0.352. The number of hydrogen-bond donors (Lipinski definition) is 6. The maximum atomic E-state index is 12.0. The lowest BCUT2D eigenvalue weighted by atomic mass is 10.2. The fraction of sp³-hybridized carbons (Fsp3) is 0.300. The summed E-state index contributed by atoms with van der Waals surface area (Å²) >= 11 is 0. The van der Waals surface area contributed by atoms with Crippen LogP contribution in [0.5, 0.6) is 11.8 Å². The van der Waals surface area contributed by atoms with Gasteiger partial charge >= 0.3 is 17.4 Å². The van der Waals surface area contributed by atoms with Crippen LogP contribution in [0.15, 0.2) is 9.59 Å². The predicted octanol–water partition coefficient (Wildman–Crippen LogP) is -3.26. The van der Waals surface area contributed by atoms with Gasteiger partial charge in [-0.15, -0.1) is 0 Å². The van der Waals surface area contributed by atoms with Crippen LogP contribution < -0.4 is 22.2 Å². The van der Waals surface area contributed by atoms with Crippen molar-refractivity contribution in [1.29, 1.82) is 0 Å². The number of rotatable bonds is 2. The third kappa shape index (κ3) is 1.91. The summed E-state index contributed by atoms with van der Waals surface area (Å²) in [6.45, 7) is -1.69. The van der Waals surface area contributed by atoms with E-state index in [4.69, 9.17) is 10.2 Å². The smallest absolute Gasteiger partial charge is 0.353 e. The largest absolute Gasteiger partial charge is 0.493 e. The van der Waals surface area contributed by atoms with Gasteiger partial charge in [-0.3, -0.25) is 0 Å². The number of fused-ring (bicyclic) bond motifs is 2. The molecule has 0 atom stereocenters.